The smallest absolute Gasteiger partial charge is 0.328 e. The first-order valence-electron chi connectivity index (χ1n) is 3.74. The summed E-state index contributed by atoms with van der Waals surface area (Å²) in [5.74, 6) is -0.352. The fourth-order valence-electron chi connectivity index (χ4n) is 0.834. The average Bonchev–Trinajstić information content (AvgIpc) is 2.14. The minimum Gasteiger partial charge on any atom is -0.358 e. The van der Waals surface area contributed by atoms with Crippen LogP contribution in [0.1, 0.15) is 0 Å². The molecule has 0 unspecified atom stereocenters. The molecule has 0 aliphatic rings. The number of aromatic amines is 1. The van der Waals surface area contributed by atoms with Crippen LogP contribution >= 0.6 is 11.6 Å². The summed E-state index contributed by atoms with van der Waals surface area (Å²) in [5, 5.41) is 2.21. The maximum absolute atomic E-state index is 11.1. The average molecular weight is 218 g/mol. The third kappa shape index (κ3) is 2.23. The minimum absolute atomic E-state index is 0.131. The summed E-state index contributed by atoms with van der Waals surface area (Å²) >= 11 is 5.48. The molecule has 1 aromatic heterocycles. The zero-order valence-electron chi connectivity index (χ0n) is 7.33. The van der Waals surface area contributed by atoms with E-state index in [4.69, 9.17) is 11.6 Å². The van der Waals surface area contributed by atoms with Crippen molar-refractivity contribution in [2.75, 3.05) is 7.05 Å². The number of likely N-dealkylation sites (N-methyl/N-ethyl adjacent to an activating group) is 1. The number of carbonyl (C=O) groups is 1. The van der Waals surface area contributed by atoms with Crippen molar-refractivity contribution in [3.05, 3.63) is 32.1 Å². The van der Waals surface area contributed by atoms with Gasteiger partial charge in [-0.1, -0.05) is 11.6 Å². The fourth-order valence-corrected chi connectivity index (χ4v) is 0.999. The Morgan fingerprint density at radius 2 is 2.29 bits per heavy atom. The van der Waals surface area contributed by atoms with Crippen LogP contribution < -0.4 is 16.6 Å². The Bertz CT molecular complexity index is 462. The largest absolute Gasteiger partial charge is 0.358 e. The van der Waals surface area contributed by atoms with Crippen LogP contribution in [0.4, 0.5) is 0 Å². The summed E-state index contributed by atoms with van der Waals surface area (Å²) in [5.41, 5.74) is -1.33. The van der Waals surface area contributed by atoms with Crippen molar-refractivity contribution in [1.82, 2.24) is 14.9 Å². The molecule has 0 aliphatic heterocycles. The first-order chi connectivity index (χ1) is 6.54. The zero-order valence-corrected chi connectivity index (χ0v) is 8.09. The van der Waals surface area contributed by atoms with Crippen LogP contribution in [0.3, 0.4) is 0 Å². The predicted molar refractivity (Wildman–Crippen MR) is 50.4 cm³/mol. The highest BCUT2D eigenvalue weighted by atomic mass is 35.5. The summed E-state index contributed by atoms with van der Waals surface area (Å²) < 4.78 is 1.02. The molecule has 1 heterocycles. The molecule has 2 N–H and O–H groups in total. The van der Waals surface area contributed by atoms with Crippen LogP contribution in [0.25, 0.3) is 0 Å². The number of rotatable bonds is 2. The van der Waals surface area contributed by atoms with Gasteiger partial charge in [0, 0.05) is 13.2 Å². The van der Waals surface area contributed by atoms with Gasteiger partial charge in [-0.15, -0.1) is 0 Å². The molecule has 1 aromatic rings. The van der Waals surface area contributed by atoms with Crippen LogP contribution in [-0.4, -0.2) is 22.5 Å². The number of halogens is 1. The molecule has 0 saturated carbocycles. The number of carbonyl (C=O) groups excluding carboxylic acids is 1. The van der Waals surface area contributed by atoms with Crippen molar-refractivity contribution in [1.29, 1.82) is 0 Å². The highest BCUT2D eigenvalue weighted by Crippen LogP contribution is 1.95. The van der Waals surface area contributed by atoms with Gasteiger partial charge in [0.1, 0.15) is 11.6 Å². The highest BCUT2D eigenvalue weighted by Gasteiger charge is 2.05. The molecule has 0 atom stereocenters. The Balaban J connectivity index is 3.11. The number of hydrogen-bond donors (Lipinski definition) is 2. The number of amides is 1. The van der Waals surface area contributed by atoms with Crippen LogP contribution in [0.2, 0.25) is 5.02 Å². The lowest BCUT2D eigenvalue weighted by Gasteiger charge is -2.03. The van der Waals surface area contributed by atoms with E-state index in [1.54, 1.807) is 0 Å². The van der Waals surface area contributed by atoms with Gasteiger partial charge in [0.2, 0.25) is 5.91 Å². The van der Waals surface area contributed by atoms with Crippen LogP contribution in [0.5, 0.6) is 0 Å². The van der Waals surface area contributed by atoms with E-state index in [0.717, 1.165) is 10.8 Å². The molecule has 0 aromatic carbocycles. The SMILES string of the molecule is CNC(=O)Cn1cc(Cl)c(=O)[nH]c1=O. The van der Waals surface area contributed by atoms with E-state index >= 15 is 0 Å². The van der Waals surface area contributed by atoms with Crippen LogP contribution in [-0.2, 0) is 11.3 Å². The van der Waals surface area contributed by atoms with Gasteiger partial charge in [-0.05, 0) is 0 Å². The second-order valence-electron chi connectivity index (χ2n) is 2.54. The Labute approximate surface area is 83.5 Å². The van der Waals surface area contributed by atoms with E-state index in [-0.39, 0.29) is 17.5 Å². The molecule has 0 aliphatic carbocycles. The lowest BCUT2D eigenvalue weighted by Crippen LogP contribution is -2.34. The van der Waals surface area contributed by atoms with Gasteiger partial charge < -0.3 is 5.32 Å². The Morgan fingerprint density at radius 3 is 2.86 bits per heavy atom. The molecule has 0 spiro atoms. The number of aromatic nitrogens is 2. The van der Waals surface area contributed by atoms with Crippen molar-refractivity contribution >= 4 is 17.5 Å². The molecule has 1 amide bonds. The summed E-state index contributed by atoms with van der Waals surface area (Å²) in [6.45, 7) is -0.175. The minimum atomic E-state index is -0.664. The van der Waals surface area contributed by atoms with E-state index in [9.17, 15) is 14.4 Å². The van der Waals surface area contributed by atoms with Gasteiger partial charge in [-0.25, -0.2) is 4.79 Å². The standard InChI is InChI=1S/C7H8ClN3O3/c1-9-5(12)3-11-2-4(8)6(13)10-7(11)14/h2H,3H2,1H3,(H,9,12)(H,10,13,14). The highest BCUT2D eigenvalue weighted by molar-refractivity contribution is 6.30. The monoisotopic (exact) mass is 217 g/mol. The Hall–Kier alpha value is -1.56. The molecule has 1 rings (SSSR count). The van der Waals surface area contributed by atoms with Crippen molar-refractivity contribution in [3.63, 3.8) is 0 Å². The maximum atomic E-state index is 11.1. The Morgan fingerprint density at radius 1 is 1.64 bits per heavy atom. The lowest BCUT2D eigenvalue weighted by molar-refractivity contribution is -0.121. The normalized spacial score (nSPS) is 9.86. The number of nitrogens with zero attached hydrogens (tertiary/aromatic N) is 1. The molecular weight excluding hydrogens is 210 g/mol. The predicted octanol–water partition coefficient (Wildman–Crippen LogP) is -1.06. The molecule has 0 radical (unpaired) electrons. The van der Waals surface area contributed by atoms with Gasteiger partial charge >= 0.3 is 5.69 Å². The summed E-state index contributed by atoms with van der Waals surface area (Å²) in [4.78, 5) is 34.9. The van der Waals surface area contributed by atoms with E-state index in [1.165, 1.54) is 7.05 Å². The quantitative estimate of drug-likeness (QED) is 0.662. The first kappa shape index (κ1) is 10.5. The summed E-state index contributed by atoms with van der Waals surface area (Å²) in [7, 11) is 1.45. The molecule has 0 saturated heterocycles. The molecule has 76 valence electrons. The first-order valence-corrected chi connectivity index (χ1v) is 4.12. The van der Waals surface area contributed by atoms with Gasteiger partial charge in [0.25, 0.3) is 5.56 Å². The van der Waals surface area contributed by atoms with Crippen LogP contribution in [0.15, 0.2) is 15.8 Å². The number of nitrogens with one attached hydrogen (secondary N) is 2. The van der Waals surface area contributed by atoms with Crippen molar-refractivity contribution in [3.8, 4) is 0 Å². The van der Waals surface area contributed by atoms with E-state index in [1.807, 2.05) is 4.98 Å². The molecular formula is C7H8ClN3O3. The molecule has 14 heavy (non-hydrogen) atoms. The maximum Gasteiger partial charge on any atom is 0.328 e. The zero-order chi connectivity index (χ0) is 10.7. The van der Waals surface area contributed by atoms with E-state index < -0.39 is 11.2 Å². The van der Waals surface area contributed by atoms with Crippen molar-refractivity contribution < 1.29 is 4.79 Å². The number of H-pyrrole nitrogens is 1. The van der Waals surface area contributed by atoms with Crippen molar-refractivity contribution in [2.24, 2.45) is 0 Å². The second-order valence-corrected chi connectivity index (χ2v) is 2.94. The molecule has 7 heteroatoms. The topological polar surface area (TPSA) is 84.0 Å². The van der Waals surface area contributed by atoms with E-state index in [0.29, 0.717) is 0 Å². The summed E-state index contributed by atoms with van der Waals surface area (Å²) in [6.07, 6.45) is 1.12. The van der Waals surface area contributed by atoms with Gasteiger partial charge in [-0.3, -0.25) is 19.1 Å². The second kappa shape index (κ2) is 4.10. The van der Waals surface area contributed by atoms with Gasteiger partial charge in [-0.2, -0.15) is 0 Å². The summed E-state index contributed by atoms with van der Waals surface area (Å²) in [6, 6.07) is 0. The van der Waals surface area contributed by atoms with Crippen molar-refractivity contribution in [2.45, 2.75) is 6.54 Å². The van der Waals surface area contributed by atoms with Gasteiger partial charge in [0.05, 0.1) is 0 Å². The van der Waals surface area contributed by atoms with E-state index in [2.05, 4.69) is 5.32 Å². The van der Waals surface area contributed by atoms with Gasteiger partial charge in [0.15, 0.2) is 0 Å². The number of hydrogen-bond acceptors (Lipinski definition) is 3. The third-order valence-electron chi connectivity index (χ3n) is 1.56. The molecule has 0 fully saturated rings. The molecule has 6 nitrogen and oxygen atoms in total. The third-order valence-corrected chi connectivity index (χ3v) is 1.83. The fraction of sp³-hybridized carbons (Fsp3) is 0.286. The Kier molecular flexibility index (Phi) is 3.08. The molecule has 0 bridgehead atoms. The lowest BCUT2D eigenvalue weighted by atomic mass is 10.5. The van der Waals surface area contributed by atoms with Crippen LogP contribution in [0, 0.1) is 0 Å².